The zero-order chi connectivity index (χ0) is 19.4. The number of halogens is 1. The van der Waals surface area contributed by atoms with Gasteiger partial charge in [0.1, 0.15) is 5.82 Å². The fraction of sp³-hybridized carbons (Fsp3) is 0.350. The van der Waals surface area contributed by atoms with Crippen molar-refractivity contribution < 1.29 is 14.1 Å². The molecular formula is C20H22FN3O3. The number of rotatable bonds is 5. The average Bonchev–Trinajstić information content (AvgIpc) is 2.65. The summed E-state index contributed by atoms with van der Waals surface area (Å²) in [4.78, 5) is 25.5. The Morgan fingerprint density at radius 2 is 2.04 bits per heavy atom. The molecule has 1 fully saturated rings. The number of nitrogens with one attached hydrogen (secondary N) is 1. The molecule has 7 heteroatoms. The van der Waals surface area contributed by atoms with E-state index in [9.17, 15) is 19.3 Å². The van der Waals surface area contributed by atoms with Crippen molar-refractivity contribution in [2.45, 2.75) is 26.3 Å². The molecule has 3 rings (SSSR count). The fourth-order valence-electron chi connectivity index (χ4n) is 3.45. The van der Waals surface area contributed by atoms with Gasteiger partial charge in [0, 0.05) is 19.2 Å². The summed E-state index contributed by atoms with van der Waals surface area (Å²) < 4.78 is 13.0. The summed E-state index contributed by atoms with van der Waals surface area (Å²) in [5.74, 6) is -0.567. The number of anilines is 1. The molecule has 0 saturated carbocycles. The van der Waals surface area contributed by atoms with Gasteiger partial charge in [-0.1, -0.05) is 18.2 Å². The lowest BCUT2D eigenvalue weighted by Gasteiger charge is -2.32. The van der Waals surface area contributed by atoms with E-state index in [1.54, 1.807) is 31.2 Å². The van der Waals surface area contributed by atoms with Crippen LogP contribution in [0, 0.1) is 28.8 Å². The number of amides is 1. The Labute approximate surface area is 157 Å². The summed E-state index contributed by atoms with van der Waals surface area (Å²) in [5, 5.41) is 13.9. The zero-order valence-electron chi connectivity index (χ0n) is 15.2. The molecule has 1 aliphatic rings. The highest BCUT2D eigenvalue weighted by molar-refractivity contribution is 5.94. The quantitative estimate of drug-likeness (QED) is 0.639. The average molecular weight is 371 g/mol. The number of piperidine rings is 1. The number of nitrogens with zero attached hydrogens (tertiary/aromatic N) is 2. The summed E-state index contributed by atoms with van der Waals surface area (Å²) in [6, 6.07) is 11.1. The summed E-state index contributed by atoms with van der Waals surface area (Å²) in [7, 11) is 0. The van der Waals surface area contributed by atoms with Gasteiger partial charge in [0.15, 0.2) is 0 Å². The Morgan fingerprint density at radius 1 is 1.30 bits per heavy atom. The first-order valence-electron chi connectivity index (χ1n) is 8.95. The highest BCUT2D eigenvalue weighted by Gasteiger charge is 2.26. The zero-order valence-corrected chi connectivity index (χ0v) is 15.2. The third kappa shape index (κ3) is 4.68. The monoisotopic (exact) mass is 371 g/mol. The Balaban J connectivity index is 1.64. The van der Waals surface area contributed by atoms with Crippen LogP contribution in [-0.2, 0) is 11.3 Å². The standard InChI is InChI=1S/C20H22FN3O3/c1-14-18(5-2-6-19(14)24(26)27)22-20(25)16-4-3-11-23(13-16)12-15-7-9-17(21)10-8-15/h2,5-10,16H,3-4,11-13H2,1H3,(H,22,25). The van der Waals surface area contributed by atoms with Crippen molar-refractivity contribution in [1.29, 1.82) is 0 Å². The van der Waals surface area contributed by atoms with Crippen LogP contribution in [0.3, 0.4) is 0 Å². The number of carbonyl (C=O) groups is 1. The van der Waals surface area contributed by atoms with Gasteiger partial charge in [-0.05, 0) is 50.1 Å². The molecule has 2 aromatic carbocycles. The van der Waals surface area contributed by atoms with Gasteiger partial charge in [-0.25, -0.2) is 4.39 Å². The molecule has 1 aliphatic heterocycles. The van der Waals surface area contributed by atoms with Gasteiger partial charge in [0.25, 0.3) is 5.69 Å². The Kier molecular flexibility index (Phi) is 5.81. The van der Waals surface area contributed by atoms with Gasteiger partial charge < -0.3 is 5.32 Å². The van der Waals surface area contributed by atoms with Crippen LogP contribution in [0.4, 0.5) is 15.8 Å². The smallest absolute Gasteiger partial charge is 0.274 e. The lowest BCUT2D eigenvalue weighted by Crippen LogP contribution is -2.40. The predicted molar refractivity (Wildman–Crippen MR) is 101 cm³/mol. The van der Waals surface area contributed by atoms with E-state index in [4.69, 9.17) is 0 Å². The molecular weight excluding hydrogens is 349 g/mol. The summed E-state index contributed by atoms with van der Waals surface area (Å²) in [5.41, 5.74) is 1.93. The van der Waals surface area contributed by atoms with Crippen molar-refractivity contribution in [3.05, 3.63) is 69.5 Å². The molecule has 0 aromatic heterocycles. The molecule has 6 nitrogen and oxygen atoms in total. The highest BCUT2D eigenvalue weighted by Crippen LogP contribution is 2.27. The van der Waals surface area contributed by atoms with E-state index in [0.29, 0.717) is 24.3 Å². The molecule has 1 heterocycles. The largest absolute Gasteiger partial charge is 0.325 e. The lowest BCUT2D eigenvalue weighted by molar-refractivity contribution is -0.385. The Hall–Kier alpha value is -2.80. The van der Waals surface area contributed by atoms with E-state index >= 15 is 0 Å². The number of nitro groups is 1. The number of hydrogen-bond acceptors (Lipinski definition) is 4. The van der Waals surface area contributed by atoms with E-state index in [-0.39, 0.29) is 23.3 Å². The van der Waals surface area contributed by atoms with Crippen molar-refractivity contribution in [3.8, 4) is 0 Å². The second-order valence-electron chi connectivity index (χ2n) is 6.90. The second kappa shape index (κ2) is 8.26. The molecule has 142 valence electrons. The summed E-state index contributed by atoms with van der Waals surface area (Å²) >= 11 is 0. The van der Waals surface area contributed by atoms with Crippen molar-refractivity contribution >= 4 is 17.3 Å². The van der Waals surface area contributed by atoms with Crippen molar-refractivity contribution in [3.63, 3.8) is 0 Å². The maximum atomic E-state index is 13.0. The Morgan fingerprint density at radius 3 is 2.74 bits per heavy atom. The number of likely N-dealkylation sites (tertiary alicyclic amines) is 1. The molecule has 1 unspecified atom stereocenters. The minimum absolute atomic E-state index is 0.00520. The summed E-state index contributed by atoms with van der Waals surface area (Å²) in [6.07, 6.45) is 1.67. The van der Waals surface area contributed by atoms with Gasteiger partial charge in [-0.2, -0.15) is 0 Å². The molecule has 27 heavy (non-hydrogen) atoms. The molecule has 0 aliphatic carbocycles. The maximum Gasteiger partial charge on any atom is 0.274 e. The van der Waals surface area contributed by atoms with Gasteiger partial charge in [-0.3, -0.25) is 19.8 Å². The molecule has 1 amide bonds. The van der Waals surface area contributed by atoms with Crippen LogP contribution >= 0.6 is 0 Å². The van der Waals surface area contributed by atoms with Crippen LogP contribution in [0.1, 0.15) is 24.0 Å². The van der Waals surface area contributed by atoms with Crippen LogP contribution in [0.15, 0.2) is 42.5 Å². The van der Waals surface area contributed by atoms with E-state index in [1.807, 2.05) is 0 Å². The SMILES string of the molecule is Cc1c(NC(=O)C2CCCN(Cc3ccc(F)cc3)C2)cccc1[N+](=O)[O-]. The third-order valence-electron chi connectivity index (χ3n) is 4.96. The second-order valence-corrected chi connectivity index (χ2v) is 6.90. The molecule has 1 saturated heterocycles. The molecule has 0 radical (unpaired) electrons. The molecule has 0 spiro atoms. The minimum atomic E-state index is -0.448. The van der Waals surface area contributed by atoms with Crippen LogP contribution < -0.4 is 5.32 Å². The van der Waals surface area contributed by atoms with Gasteiger partial charge in [0.05, 0.1) is 22.1 Å². The normalized spacial score (nSPS) is 17.5. The minimum Gasteiger partial charge on any atom is -0.325 e. The van der Waals surface area contributed by atoms with E-state index in [1.165, 1.54) is 18.2 Å². The fourth-order valence-corrected chi connectivity index (χ4v) is 3.45. The first-order chi connectivity index (χ1) is 12.9. The maximum absolute atomic E-state index is 13.0. The Bertz CT molecular complexity index is 839. The van der Waals surface area contributed by atoms with Crippen molar-refractivity contribution in [2.75, 3.05) is 18.4 Å². The van der Waals surface area contributed by atoms with Crippen LogP contribution in [0.5, 0.6) is 0 Å². The van der Waals surface area contributed by atoms with Crippen molar-refractivity contribution in [1.82, 2.24) is 4.90 Å². The molecule has 1 atom stereocenters. The molecule has 2 aromatic rings. The van der Waals surface area contributed by atoms with Crippen LogP contribution in [0.25, 0.3) is 0 Å². The first-order valence-corrected chi connectivity index (χ1v) is 8.95. The predicted octanol–water partition coefficient (Wildman–Crippen LogP) is 3.89. The highest BCUT2D eigenvalue weighted by atomic mass is 19.1. The lowest BCUT2D eigenvalue weighted by atomic mass is 9.96. The number of nitro benzene ring substituents is 1. The summed E-state index contributed by atoms with van der Waals surface area (Å²) in [6.45, 7) is 3.80. The van der Waals surface area contributed by atoms with Crippen molar-refractivity contribution in [2.24, 2.45) is 5.92 Å². The van der Waals surface area contributed by atoms with Gasteiger partial charge in [-0.15, -0.1) is 0 Å². The van der Waals surface area contributed by atoms with E-state index in [0.717, 1.165) is 24.9 Å². The number of benzene rings is 2. The number of carbonyl (C=O) groups excluding carboxylic acids is 1. The first kappa shape index (κ1) is 19.0. The topological polar surface area (TPSA) is 75.5 Å². The van der Waals surface area contributed by atoms with Crippen LogP contribution in [0.2, 0.25) is 0 Å². The van der Waals surface area contributed by atoms with Gasteiger partial charge >= 0.3 is 0 Å². The molecule has 1 N–H and O–H groups in total. The molecule has 0 bridgehead atoms. The third-order valence-corrected chi connectivity index (χ3v) is 4.96. The number of hydrogen-bond donors (Lipinski definition) is 1. The van der Waals surface area contributed by atoms with Crippen LogP contribution in [-0.4, -0.2) is 28.8 Å². The van der Waals surface area contributed by atoms with Gasteiger partial charge in [0.2, 0.25) is 5.91 Å². The van der Waals surface area contributed by atoms with E-state index in [2.05, 4.69) is 10.2 Å². The van der Waals surface area contributed by atoms with E-state index < -0.39 is 4.92 Å².